The summed E-state index contributed by atoms with van der Waals surface area (Å²) >= 11 is 0. The number of hydrogen-bond acceptors (Lipinski definition) is 4. The summed E-state index contributed by atoms with van der Waals surface area (Å²) in [5.74, 6) is 0.511. The largest absolute Gasteiger partial charge is 0.494 e. The molecule has 0 bridgehead atoms. The Hall–Kier alpha value is -1.76. The van der Waals surface area contributed by atoms with E-state index >= 15 is 0 Å². The molecule has 1 atom stereocenters. The third-order valence-corrected chi connectivity index (χ3v) is 3.56. The predicted molar refractivity (Wildman–Crippen MR) is 75.7 cm³/mol. The van der Waals surface area contributed by atoms with Gasteiger partial charge < -0.3 is 14.4 Å². The van der Waals surface area contributed by atoms with Crippen LogP contribution in [0.1, 0.15) is 22.8 Å². The molecule has 1 aliphatic rings. The van der Waals surface area contributed by atoms with Crippen LogP contribution >= 0.6 is 0 Å². The first kappa shape index (κ1) is 16.6. The van der Waals surface area contributed by atoms with E-state index in [0.29, 0.717) is 36.4 Å². The molecule has 122 valence electrons. The van der Waals surface area contributed by atoms with Gasteiger partial charge in [0.25, 0.3) is 0 Å². The molecule has 4 nitrogen and oxygen atoms in total. The topological polar surface area (TPSA) is 38.8 Å². The van der Waals surface area contributed by atoms with Crippen LogP contribution in [-0.2, 0) is 4.74 Å². The third kappa shape index (κ3) is 3.52. The summed E-state index contributed by atoms with van der Waals surface area (Å²) in [6, 6.07) is 3.18. The molecule has 1 aromatic carbocycles. The zero-order valence-electron chi connectivity index (χ0n) is 12.4. The highest BCUT2D eigenvalue weighted by Crippen LogP contribution is 2.33. The molecule has 1 unspecified atom stereocenters. The van der Waals surface area contributed by atoms with Gasteiger partial charge >= 0.3 is 6.18 Å². The Kier molecular flexibility index (Phi) is 4.95. The number of ether oxygens (including phenoxy) is 2. The van der Waals surface area contributed by atoms with Gasteiger partial charge in [-0.2, -0.15) is 13.2 Å². The second-order valence-corrected chi connectivity index (χ2v) is 5.06. The van der Waals surface area contributed by atoms with Gasteiger partial charge in [0, 0.05) is 23.4 Å². The van der Waals surface area contributed by atoms with E-state index in [-0.39, 0.29) is 13.2 Å². The number of benzene rings is 1. The van der Waals surface area contributed by atoms with E-state index < -0.39 is 12.3 Å². The lowest BCUT2D eigenvalue weighted by Crippen LogP contribution is -2.49. The number of halogens is 3. The zero-order chi connectivity index (χ0) is 16.3. The Morgan fingerprint density at radius 2 is 2.18 bits per heavy atom. The zero-order valence-corrected chi connectivity index (χ0v) is 12.4. The average Bonchev–Trinajstić information content (AvgIpc) is 2.49. The maximum absolute atomic E-state index is 12.8. The molecule has 1 heterocycles. The van der Waals surface area contributed by atoms with Crippen molar-refractivity contribution < 1.29 is 27.4 Å². The van der Waals surface area contributed by atoms with Gasteiger partial charge in [-0.3, -0.25) is 4.79 Å². The number of alkyl halides is 3. The molecule has 0 spiro atoms. The molecule has 1 aliphatic heterocycles. The van der Waals surface area contributed by atoms with Crippen LogP contribution in [0.25, 0.3) is 0 Å². The van der Waals surface area contributed by atoms with E-state index in [9.17, 15) is 18.0 Å². The molecular weight excluding hydrogens is 299 g/mol. The minimum Gasteiger partial charge on any atom is -0.494 e. The summed E-state index contributed by atoms with van der Waals surface area (Å²) in [5, 5.41) is 0. The van der Waals surface area contributed by atoms with Crippen molar-refractivity contribution in [2.24, 2.45) is 0 Å². The van der Waals surface area contributed by atoms with Gasteiger partial charge in [-0.25, -0.2) is 0 Å². The smallest absolute Gasteiger partial charge is 0.416 e. The Labute approximate surface area is 126 Å². The minimum atomic E-state index is -4.41. The van der Waals surface area contributed by atoms with Gasteiger partial charge in [0.05, 0.1) is 19.8 Å². The van der Waals surface area contributed by atoms with Gasteiger partial charge in [-0.15, -0.1) is 0 Å². The van der Waals surface area contributed by atoms with Crippen LogP contribution in [0, 0.1) is 6.92 Å². The fraction of sp³-hybridized carbons (Fsp3) is 0.533. The van der Waals surface area contributed by atoms with Crippen molar-refractivity contribution in [2.75, 3.05) is 31.2 Å². The Morgan fingerprint density at radius 3 is 2.77 bits per heavy atom. The number of rotatable bonds is 4. The molecule has 0 N–H and O–H groups in total. The highest BCUT2D eigenvalue weighted by Gasteiger charge is 2.43. The van der Waals surface area contributed by atoms with Gasteiger partial charge in [0.1, 0.15) is 12.0 Å². The summed E-state index contributed by atoms with van der Waals surface area (Å²) in [5.41, 5.74) is 1.67. The molecule has 2 rings (SSSR count). The molecular formula is C15H18F3NO3. The third-order valence-electron chi connectivity index (χ3n) is 3.56. The highest BCUT2D eigenvalue weighted by molar-refractivity contribution is 5.80. The van der Waals surface area contributed by atoms with Crippen LogP contribution in [0.5, 0.6) is 5.75 Å². The summed E-state index contributed by atoms with van der Waals surface area (Å²) in [6.07, 6.45) is -5.57. The van der Waals surface area contributed by atoms with Crippen LogP contribution in [0.3, 0.4) is 0 Å². The molecule has 0 aromatic heterocycles. The van der Waals surface area contributed by atoms with Crippen molar-refractivity contribution >= 4 is 12.0 Å². The lowest BCUT2D eigenvalue weighted by Gasteiger charge is -2.36. The van der Waals surface area contributed by atoms with Crippen molar-refractivity contribution in [3.8, 4) is 5.75 Å². The average molecular weight is 317 g/mol. The van der Waals surface area contributed by atoms with E-state index in [1.165, 1.54) is 0 Å². The maximum Gasteiger partial charge on any atom is 0.416 e. The lowest BCUT2D eigenvalue weighted by molar-refractivity contribution is -0.221. The van der Waals surface area contributed by atoms with Crippen molar-refractivity contribution in [1.29, 1.82) is 0 Å². The van der Waals surface area contributed by atoms with Crippen molar-refractivity contribution in [3.05, 3.63) is 23.3 Å². The van der Waals surface area contributed by atoms with Gasteiger partial charge in [0.2, 0.25) is 0 Å². The van der Waals surface area contributed by atoms with Crippen molar-refractivity contribution in [3.63, 3.8) is 0 Å². The molecule has 0 amide bonds. The molecule has 0 radical (unpaired) electrons. The highest BCUT2D eigenvalue weighted by atomic mass is 19.4. The van der Waals surface area contributed by atoms with Crippen molar-refractivity contribution in [2.45, 2.75) is 26.1 Å². The maximum atomic E-state index is 12.8. The first-order valence-electron chi connectivity index (χ1n) is 7.02. The number of morpholine rings is 1. The van der Waals surface area contributed by atoms with Crippen LogP contribution in [0.4, 0.5) is 18.9 Å². The number of carbonyl (C=O) groups excluding carboxylic acids is 1. The standard InChI is InChI=1S/C15H18F3NO3/c1-3-21-13-7-11(9-20)6-12(10(13)2)19-4-5-22-14(8-19)15(16,17)18/h6-7,9,14H,3-5,8H2,1-2H3. The van der Waals surface area contributed by atoms with E-state index in [2.05, 4.69) is 0 Å². The van der Waals surface area contributed by atoms with Crippen LogP contribution in [0.15, 0.2) is 12.1 Å². The number of nitrogens with zero attached hydrogens (tertiary/aromatic N) is 1. The lowest BCUT2D eigenvalue weighted by atomic mass is 10.1. The number of anilines is 1. The van der Waals surface area contributed by atoms with Crippen molar-refractivity contribution in [1.82, 2.24) is 0 Å². The molecule has 1 fully saturated rings. The monoisotopic (exact) mass is 317 g/mol. The molecule has 1 aromatic rings. The second-order valence-electron chi connectivity index (χ2n) is 5.06. The van der Waals surface area contributed by atoms with Gasteiger partial charge in [-0.05, 0) is 26.0 Å². The summed E-state index contributed by atoms with van der Waals surface area (Å²) < 4.78 is 48.8. The van der Waals surface area contributed by atoms with Crippen LogP contribution < -0.4 is 9.64 Å². The summed E-state index contributed by atoms with van der Waals surface area (Å²) in [4.78, 5) is 12.6. The SMILES string of the molecule is CCOc1cc(C=O)cc(N2CCOC(C(F)(F)F)C2)c1C. The summed E-state index contributed by atoms with van der Waals surface area (Å²) in [6.45, 7) is 4.02. The molecule has 1 saturated heterocycles. The van der Waals surface area contributed by atoms with E-state index in [1.807, 2.05) is 0 Å². The quantitative estimate of drug-likeness (QED) is 0.800. The second kappa shape index (κ2) is 6.56. The molecule has 22 heavy (non-hydrogen) atoms. The van der Waals surface area contributed by atoms with E-state index in [4.69, 9.17) is 9.47 Å². The Morgan fingerprint density at radius 1 is 1.45 bits per heavy atom. The van der Waals surface area contributed by atoms with Gasteiger partial charge in [-0.1, -0.05) is 0 Å². The normalized spacial score (nSPS) is 19.1. The Bertz CT molecular complexity index is 546. The predicted octanol–water partition coefficient (Wildman–Crippen LogP) is 2.97. The minimum absolute atomic E-state index is 0.0150. The number of hydrogen-bond donors (Lipinski definition) is 0. The first-order chi connectivity index (χ1) is 10.4. The molecule has 7 heteroatoms. The van der Waals surface area contributed by atoms with Crippen LogP contribution in [-0.4, -0.2) is 44.9 Å². The summed E-state index contributed by atoms with van der Waals surface area (Å²) in [7, 11) is 0. The Balaban J connectivity index is 2.34. The first-order valence-corrected chi connectivity index (χ1v) is 7.02. The fourth-order valence-electron chi connectivity index (χ4n) is 2.46. The fourth-order valence-corrected chi connectivity index (χ4v) is 2.46. The van der Waals surface area contributed by atoms with Crippen LogP contribution in [0.2, 0.25) is 0 Å². The van der Waals surface area contributed by atoms with E-state index in [0.717, 1.165) is 5.56 Å². The number of carbonyl (C=O) groups is 1. The van der Waals surface area contributed by atoms with E-state index in [1.54, 1.807) is 30.9 Å². The van der Waals surface area contributed by atoms with Gasteiger partial charge in [0.15, 0.2) is 6.10 Å². The number of aldehydes is 1. The molecule has 0 aliphatic carbocycles. The molecule has 0 saturated carbocycles.